The Morgan fingerprint density at radius 1 is 1.15 bits per heavy atom. The molecule has 2 fully saturated rings. The van der Waals surface area contributed by atoms with Gasteiger partial charge in [-0.3, -0.25) is 0 Å². The molecule has 1 saturated heterocycles. The van der Waals surface area contributed by atoms with Crippen LogP contribution in [0, 0.1) is 18.8 Å². The van der Waals surface area contributed by atoms with Gasteiger partial charge in [-0.1, -0.05) is 36.4 Å². The quantitative estimate of drug-likeness (QED) is 0.869. The first kappa shape index (κ1) is 17.9. The predicted molar refractivity (Wildman–Crippen MR) is 105 cm³/mol. The molecule has 1 aliphatic heterocycles. The molecule has 2 aliphatic rings. The minimum atomic E-state index is -0.765. The van der Waals surface area contributed by atoms with Crippen LogP contribution in [-0.2, 0) is 5.60 Å². The van der Waals surface area contributed by atoms with E-state index in [4.69, 9.17) is 4.74 Å². The first-order valence-corrected chi connectivity index (χ1v) is 9.47. The molecule has 1 saturated carbocycles. The summed E-state index contributed by atoms with van der Waals surface area (Å²) < 4.78 is 5.35. The second kappa shape index (κ2) is 6.89. The summed E-state index contributed by atoms with van der Waals surface area (Å²) in [6.45, 7) is 3.35. The Balaban J connectivity index is 1.42. The van der Waals surface area contributed by atoms with E-state index in [1.54, 1.807) is 7.11 Å². The SMILES string of the molecule is COc1ccc(C)cc1NC(=O)N1CC2CC(O)(c3ccccc3)CC2C1. The normalized spacial score (nSPS) is 26.7. The van der Waals surface area contributed by atoms with E-state index in [1.165, 1.54) is 0 Å². The third kappa shape index (κ3) is 3.39. The van der Waals surface area contributed by atoms with Crippen molar-refractivity contribution < 1.29 is 14.6 Å². The Morgan fingerprint density at radius 2 is 1.81 bits per heavy atom. The lowest BCUT2D eigenvalue weighted by molar-refractivity contribution is 0.0328. The number of hydrogen-bond donors (Lipinski definition) is 2. The fourth-order valence-corrected chi connectivity index (χ4v) is 4.62. The molecular weight excluding hydrogens is 340 g/mol. The zero-order valence-corrected chi connectivity index (χ0v) is 15.8. The lowest BCUT2D eigenvalue weighted by Crippen LogP contribution is -2.35. The van der Waals surface area contributed by atoms with Gasteiger partial charge < -0.3 is 20.1 Å². The average molecular weight is 366 g/mol. The van der Waals surface area contributed by atoms with Crippen molar-refractivity contribution in [1.29, 1.82) is 0 Å². The number of likely N-dealkylation sites (tertiary alicyclic amines) is 1. The van der Waals surface area contributed by atoms with Crippen LogP contribution in [-0.4, -0.2) is 36.2 Å². The van der Waals surface area contributed by atoms with Gasteiger partial charge in [0, 0.05) is 13.1 Å². The number of ether oxygens (including phenoxy) is 1. The molecule has 4 rings (SSSR count). The number of carbonyl (C=O) groups is 1. The fraction of sp³-hybridized carbons (Fsp3) is 0.409. The van der Waals surface area contributed by atoms with Gasteiger partial charge in [-0.15, -0.1) is 0 Å². The van der Waals surface area contributed by atoms with Crippen LogP contribution >= 0.6 is 0 Å². The first-order valence-electron chi connectivity index (χ1n) is 9.47. The maximum Gasteiger partial charge on any atom is 0.321 e. The molecule has 0 aromatic heterocycles. The van der Waals surface area contributed by atoms with E-state index < -0.39 is 5.60 Å². The second-order valence-electron chi connectivity index (χ2n) is 7.86. The van der Waals surface area contributed by atoms with Gasteiger partial charge in [0.05, 0.1) is 18.4 Å². The van der Waals surface area contributed by atoms with Crippen LogP contribution in [0.4, 0.5) is 10.5 Å². The highest BCUT2D eigenvalue weighted by Gasteiger charge is 2.49. The van der Waals surface area contributed by atoms with Gasteiger partial charge in [-0.05, 0) is 54.9 Å². The van der Waals surface area contributed by atoms with Crippen LogP contribution in [0.2, 0.25) is 0 Å². The lowest BCUT2D eigenvalue weighted by Gasteiger charge is -2.26. The standard InChI is InChI=1S/C22H26N2O3/c1-15-8-9-20(27-2)19(10-15)23-21(25)24-13-16-11-22(26,12-17(16)14-24)18-6-4-3-5-7-18/h3-10,16-17,26H,11-14H2,1-2H3,(H,23,25). The molecule has 2 aromatic rings. The van der Waals surface area contributed by atoms with Crippen molar-refractivity contribution in [3.63, 3.8) is 0 Å². The lowest BCUT2D eigenvalue weighted by atomic mass is 9.90. The van der Waals surface area contributed by atoms with Crippen molar-refractivity contribution in [2.75, 3.05) is 25.5 Å². The number of fused-ring (bicyclic) bond motifs is 1. The summed E-state index contributed by atoms with van der Waals surface area (Å²) in [6, 6.07) is 15.5. The van der Waals surface area contributed by atoms with Crippen LogP contribution in [0.3, 0.4) is 0 Å². The third-order valence-corrected chi connectivity index (χ3v) is 5.97. The summed E-state index contributed by atoms with van der Waals surface area (Å²) in [5.41, 5.74) is 1.98. The highest BCUT2D eigenvalue weighted by molar-refractivity contribution is 5.91. The summed E-state index contributed by atoms with van der Waals surface area (Å²) in [5, 5.41) is 14.1. The van der Waals surface area contributed by atoms with Gasteiger partial charge in [0.2, 0.25) is 0 Å². The number of methoxy groups -OCH3 is 1. The number of rotatable bonds is 3. The van der Waals surface area contributed by atoms with Crippen molar-refractivity contribution in [3.05, 3.63) is 59.7 Å². The van der Waals surface area contributed by atoms with Crippen LogP contribution in [0.25, 0.3) is 0 Å². The zero-order chi connectivity index (χ0) is 19.0. The van der Waals surface area contributed by atoms with Crippen LogP contribution < -0.4 is 10.1 Å². The molecule has 2 aromatic carbocycles. The smallest absolute Gasteiger partial charge is 0.321 e. The molecule has 5 nitrogen and oxygen atoms in total. The van der Waals surface area contributed by atoms with E-state index in [9.17, 15) is 9.90 Å². The number of nitrogens with one attached hydrogen (secondary N) is 1. The van der Waals surface area contributed by atoms with Crippen molar-refractivity contribution in [1.82, 2.24) is 4.90 Å². The molecule has 2 atom stereocenters. The number of amides is 2. The molecule has 0 spiro atoms. The van der Waals surface area contributed by atoms with Crippen molar-refractivity contribution in [3.8, 4) is 5.75 Å². The molecule has 2 unspecified atom stereocenters. The minimum absolute atomic E-state index is 0.100. The van der Waals surface area contributed by atoms with Gasteiger partial charge in [0.1, 0.15) is 5.75 Å². The predicted octanol–water partition coefficient (Wildman–Crippen LogP) is 3.77. The van der Waals surface area contributed by atoms with Crippen molar-refractivity contribution in [2.24, 2.45) is 11.8 Å². The van der Waals surface area contributed by atoms with E-state index >= 15 is 0 Å². The maximum atomic E-state index is 12.8. The number of urea groups is 1. The molecular formula is C22H26N2O3. The number of aliphatic hydroxyl groups is 1. The van der Waals surface area contributed by atoms with E-state index in [-0.39, 0.29) is 6.03 Å². The number of nitrogens with zero attached hydrogens (tertiary/aromatic N) is 1. The topological polar surface area (TPSA) is 61.8 Å². The Morgan fingerprint density at radius 3 is 2.44 bits per heavy atom. The van der Waals surface area contributed by atoms with Crippen LogP contribution in [0.1, 0.15) is 24.0 Å². The molecule has 1 heterocycles. The number of carbonyl (C=O) groups excluding carboxylic acids is 1. The van der Waals surface area contributed by atoms with Crippen molar-refractivity contribution in [2.45, 2.75) is 25.4 Å². The van der Waals surface area contributed by atoms with E-state index in [1.807, 2.05) is 60.4 Å². The molecule has 5 heteroatoms. The first-order chi connectivity index (χ1) is 13.0. The zero-order valence-electron chi connectivity index (χ0n) is 15.8. The molecule has 2 N–H and O–H groups in total. The van der Waals surface area contributed by atoms with E-state index in [0.29, 0.717) is 49.2 Å². The van der Waals surface area contributed by atoms with Crippen LogP contribution in [0.15, 0.2) is 48.5 Å². The van der Waals surface area contributed by atoms with Gasteiger partial charge in [-0.2, -0.15) is 0 Å². The fourth-order valence-electron chi connectivity index (χ4n) is 4.62. The third-order valence-electron chi connectivity index (χ3n) is 5.97. The molecule has 1 aliphatic carbocycles. The molecule has 2 amide bonds. The summed E-state index contributed by atoms with van der Waals surface area (Å²) in [7, 11) is 1.60. The van der Waals surface area contributed by atoms with E-state index in [2.05, 4.69) is 5.32 Å². The molecule has 142 valence electrons. The Bertz CT molecular complexity index is 823. The monoisotopic (exact) mass is 366 g/mol. The Hall–Kier alpha value is -2.53. The molecule has 0 bridgehead atoms. The Labute approximate surface area is 160 Å². The van der Waals surface area contributed by atoms with Gasteiger partial charge >= 0.3 is 6.03 Å². The van der Waals surface area contributed by atoms with Gasteiger partial charge in [0.25, 0.3) is 0 Å². The number of anilines is 1. The average Bonchev–Trinajstić information content (AvgIpc) is 3.18. The summed E-state index contributed by atoms with van der Waals surface area (Å²) in [6.07, 6.45) is 1.42. The van der Waals surface area contributed by atoms with Crippen LogP contribution in [0.5, 0.6) is 5.75 Å². The number of aryl methyl sites for hydroxylation is 1. The summed E-state index contributed by atoms with van der Waals surface area (Å²) in [4.78, 5) is 14.6. The molecule has 27 heavy (non-hydrogen) atoms. The highest BCUT2D eigenvalue weighted by Crippen LogP contribution is 2.49. The van der Waals surface area contributed by atoms with Gasteiger partial charge in [-0.25, -0.2) is 4.79 Å². The van der Waals surface area contributed by atoms with Crippen molar-refractivity contribution >= 4 is 11.7 Å². The summed E-state index contributed by atoms with van der Waals surface area (Å²) >= 11 is 0. The number of hydrogen-bond acceptors (Lipinski definition) is 3. The Kier molecular flexibility index (Phi) is 4.56. The highest BCUT2D eigenvalue weighted by atomic mass is 16.5. The second-order valence-corrected chi connectivity index (χ2v) is 7.86. The maximum absolute atomic E-state index is 12.8. The number of benzene rings is 2. The largest absolute Gasteiger partial charge is 0.495 e. The van der Waals surface area contributed by atoms with E-state index in [0.717, 1.165) is 11.1 Å². The summed E-state index contributed by atoms with van der Waals surface area (Å²) in [5.74, 6) is 1.33. The minimum Gasteiger partial charge on any atom is -0.495 e. The van der Waals surface area contributed by atoms with Gasteiger partial charge in [0.15, 0.2) is 0 Å². The molecule has 0 radical (unpaired) electrons.